The summed E-state index contributed by atoms with van der Waals surface area (Å²) in [5, 5.41) is 9.68. The van der Waals surface area contributed by atoms with Gasteiger partial charge in [0.25, 0.3) is 0 Å². The van der Waals surface area contributed by atoms with Gasteiger partial charge in [0.15, 0.2) is 5.16 Å². The summed E-state index contributed by atoms with van der Waals surface area (Å²) >= 11 is 1.80. The molecule has 1 heterocycles. The van der Waals surface area contributed by atoms with Crippen LogP contribution in [-0.2, 0) is 0 Å². The van der Waals surface area contributed by atoms with Crippen molar-refractivity contribution in [2.75, 3.05) is 5.73 Å². The molecule has 0 amide bonds. The van der Waals surface area contributed by atoms with Crippen LogP contribution in [0.4, 0.5) is 5.95 Å². The van der Waals surface area contributed by atoms with E-state index >= 15 is 0 Å². The molecular formula is C11H21N5S. The van der Waals surface area contributed by atoms with Crippen LogP contribution in [0.1, 0.15) is 45.6 Å². The molecule has 0 atom stereocenters. The summed E-state index contributed by atoms with van der Waals surface area (Å²) in [5.41, 5.74) is 11.7. The molecule has 1 aromatic heterocycles. The number of aromatic nitrogens is 3. The fraction of sp³-hybridized carbons (Fsp3) is 0.818. The Balaban J connectivity index is 2.03. The minimum atomic E-state index is 0.304. The Morgan fingerprint density at radius 3 is 2.47 bits per heavy atom. The molecule has 96 valence electrons. The highest BCUT2D eigenvalue weighted by molar-refractivity contribution is 7.99. The Morgan fingerprint density at radius 1 is 1.24 bits per heavy atom. The molecule has 5 nitrogen and oxygen atoms in total. The fourth-order valence-corrected chi connectivity index (χ4v) is 3.52. The Kier molecular flexibility index (Phi) is 3.93. The number of hydrogen-bond donors (Lipinski definition) is 2. The molecule has 17 heavy (non-hydrogen) atoms. The molecule has 0 aliphatic heterocycles. The lowest BCUT2D eigenvalue weighted by Crippen LogP contribution is -2.27. The molecule has 0 bridgehead atoms. The largest absolute Gasteiger partial charge is 0.368 e. The van der Waals surface area contributed by atoms with Crippen molar-refractivity contribution in [3.8, 4) is 0 Å². The molecule has 1 fully saturated rings. The highest BCUT2D eigenvalue weighted by atomic mass is 32.2. The summed E-state index contributed by atoms with van der Waals surface area (Å²) in [5.74, 6) is 0.509. The number of nitrogens with zero attached hydrogens (tertiary/aromatic N) is 3. The third-order valence-corrected chi connectivity index (χ3v) is 4.49. The Hall–Kier alpha value is -0.750. The average Bonchev–Trinajstić information content (AvgIpc) is 2.63. The highest BCUT2D eigenvalue weighted by Crippen LogP contribution is 2.34. The van der Waals surface area contributed by atoms with E-state index in [-0.39, 0.29) is 0 Å². The monoisotopic (exact) mass is 255 g/mol. The Labute approximate surface area is 106 Å². The molecule has 1 aliphatic rings. The van der Waals surface area contributed by atoms with Gasteiger partial charge in [0.1, 0.15) is 0 Å². The van der Waals surface area contributed by atoms with Crippen LogP contribution in [0, 0.1) is 0 Å². The normalized spacial score (nSPS) is 25.4. The van der Waals surface area contributed by atoms with Crippen molar-refractivity contribution >= 4 is 17.7 Å². The average molecular weight is 255 g/mol. The van der Waals surface area contributed by atoms with Crippen molar-refractivity contribution in [3.63, 3.8) is 0 Å². The van der Waals surface area contributed by atoms with Gasteiger partial charge in [-0.25, -0.2) is 0 Å². The van der Waals surface area contributed by atoms with Crippen LogP contribution in [0.25, 0.3) is 0 Å². The molecule has 2 rings (SSSR count). The maximum absolute atomic E-state index is 5.91. The predicted octanol–water partition coefficient (Wildman–Crippen LogP) is 1.80. The van der Waals surface area contributed by atoms with Crippen molar-refractivity contribution in [2.45, 2.75) is 62.0 Å². The number of anilines is 1. The van der Waals surface area contributed by atoms with Crippen LogP contribution in [0.15, 0.2) is 5.16 Å². The van der Waals surface area contributed by atoms with E-state index in [0.29, 0.717) is 23.3 Å². The SMILES string of the molecule is CC(C)n1c(N)nnc1SC1CCC(N)CC1. The summed E-state index contributed by atoms with van der Waals surface area (Å²) in [6, 6.07) is 0.693. The maximum Gasteiger partial charge on any atom is 0.222 e. The van der Waals surface area contributed by atoms with Crippen LogP contribution in [-0.4, -0.2) is 26.1 Å². The van der Waals surface area contributed by atoms with E-state index in [1.54, 1.807) is 11.8 Å². The van der Waals surface area contributed by atoms with Gasteiger partial charge in [-0.2, -0.15) is 0 Å². The summed E-state index contributed by atoms with van der Waals surface area (Å²) < 4.78 is 2.00. The third-order valence-electron chi connectivity index (χ3n) is 3.20. The van der Waals surface area contributed by atoms with E-state index in [1.165, 1.54) is 0 Å². The predicted molar refractivity (Wildman–Crippen MR) is 70.9 cm³/mol. The zero-order valence-corrected chi connectivity index (χ0v) is 11.3. The Bertz CT molecular complexity index is 368. The first kappa shape index (κ1) is 12.7. The van der Waals surface area contributed by atoms with Gasteiger partial charge in [-0.05, 0) is 39.5 Å². The second-order valence-corrected chi connectivity index (χ2v) is 6.23. The molecule has 6 heteroatoms. The van der Waals surface area contributed by atoms with Crippen LogP contribution < -0.4 is 11.5 Å². The van der Waals surface area contributed by atoms with Crippen LogP contribution in [0.2, 0.25) is 0 Å². The quantitative estimate of drug-likeness (QED) is 0.860. The lowest BCUT2D eigenvalue weighted by atomic mass is 9.96. The first-order chi connectivity index (χ1) is 8.08. The van der Waals surface area contributed by atoms with Gasteiger partial charge >= 0.3 is 0 Å². The number of nitrogen functional groups attached to an aromatic ring is 1. The van der Waals surface area contributed by atoms with E-state index < -0.39 is 0 Å². The molecule has 1 saturated carbocycles. The zero-order valence-electron chi connectivity index (χ0n) is 10.5. The van der Waals surface area contributed by atoms with Gasteiger partial charge in [0, 0.05) is 17.3 Å². The summed E-state index contributed by atoms with van der Waals surface area (Å²) in [6.45, 7) is 4.20. The second kappa shape index (κ2) is 5.27. The summed E-state index contributed by atoms with van der Waals surface area (Å²) in [7, 11) is 0. The summed E-state index contributed by atoms with van der Waals surface area (Å²) in [4.78, 5) is 0. The highest BCUT2D eigenvalue weighted by Gasteiger charge is 2.22. The van der Waals surface area contributed by atoms with Crippen molar-refractivity contribution in [1.82, 2.24) is 14.8 Å². The van der Waals surface area contributed by atoms with Crippen molar-refractivity contribution in [2.24, 2.45) is 5.73 Å². The lowest BCUT2D eigenvalue weighted by Gasteiger charge is -2.25. The number of nitrogens with two attached hydrogens (primary N) is 2. The maximum atomic E-state index is 5.91. The van der Waals surface area contributed by atoms with Gasteiger partial charge in [-0.3, -0.25) is 4.57 Å². The van der Waals surface area contributed by atoms with E-state index in [1.807, 2.05) is 4.57 Å². The number of rotatable bonds is 3. The van der Waals surface area contributed by atoms with Crippen molar-refractivity contribution in [1.29, 1.82) is 0 Å². The van der Waals surface area contributed by atoms with Crippen LogP contribution in [0.5, 0.6) is 0 Å². The van der Waals surface area contributed by atoms with Crippen LogP contribution >= 0.6 is 11.8 Å². The molecule has 4 N–H and O–H groups in total. The fourth-order valence-electron chi connectivity index (χ4n) is 2.21. The smallest absolute Gasteiger partial charge is 0.222 e. The second-order valence-electron chi connectivity index (χ2n) is 4.96. The third kappa shape index (κ3) is 2.93. The molecule has 1 aliphatic carbocycles. The van der Waals surface area contributed by atoms with Gasteiger partial charge in [-0.1, -0.05) is 11.8 Å². The van der Waals surface area contributed by atoms with Crippen LogP contribution in [0.3, 0.4) is 0 Å². The van der Waals surface area contributed by atoms with Crippen molar-refractivity contribution in [3.05, 3.63) is 0 Å². The first-order valence-corrected chi connectivity index (χ1v) is 7.08. The van der Waals surface area contributed by atoms with E-state index in [9.17, 15) is 0 Å². The lowest BCUT2D eigenvalue weighted by molar-refractivity contribution is 0.449. The van der Waals surface area contributed by atoms with Gasteiger partial charge in [0.2, 0.25) is 5.95 Å². The van der Waals surface area contributed by atoms with Gasteiger partial charge in [-0.15, -0.1) is 10.2 Å². The first-order valence-electron chi connectivity index (χ1n) is 6.20. The number of hydrogen-bond acceptors (Lipinski definition) is 5. The topological polar surface area (TPSA) is 82.8 Å². The molecule has 0 saturated heterocycles. The van der Waals surface area contributed by atoms with E-state index in [0.717, 1.165) is 30.8 Å². The van der Waals surface area contributed by atoms with Gasteiger partial charge in [0.05, 0.1) is 0 Å². The molecule has 1 aromatic rings. The molecule has 0 spiro atoms. The van der Waals surface area contributed by atoms with E-state index in [2.05, 4.69) is 24.0 Å². The molecule has 0 radical (unpaired) electrons. The van der Waals surface area contributed by atoms with Crippen molar-refractivity contribution < 1.29 is 0 Å². The molecule has 0 aromatic carbocycles. The van der Waals surface area contributed by atoms with E-state index in [4.69, 9.17) is 11.5 Å². The summed E-state index contributed by atoms with van der Waals surface area (Å²) in [6.07, 6.45) is 4.55. The minimum absolute atomic E-state index is 0.304. The zero-order chi connectivity index (χ0) is 12.4. The number of thioether (sulfide) groups is 1. The standard InChI is InChI=1S/C11H21N5S/c1-7(2)16-10(13)14-15-11(16)17-9-5-3-8(12)4-6-9/h7-9H,3-6,12H2,1-2H3,(H2,13,14). The molecular weight excluding hydrogens is 234 g/mol. The Morgan fingerprint density at radius 2 is 1.88 bits per heavy atom. The van der Waals surface area contributed by atoms with Gasteiger partial charge < -0.3 is 11.5 Å². The molecule has 0 unspecified atom stereocenters. The minimum Gasteiger partial charge on any atom is -0.368 e.